The lowest BCUT2D eigenvalue weighted by molar-refractivity contribution is 0.622. The molecule has 2 saturated carbocycles. The molecule has 2 fully saturated rings. The van der Waals surface area contributed by atoms with Gasteiger partial charge in [0.05, 0.1) is 10.2 Å². The van der Waals surface area contributed by atoms with Gasteiger partial charge in [-0.25, -0.2) is 9.37 Å². The third-order valence-electron chi connectivity index (χ3n) is 4.62. The number of hydrogen-bond acceptors (Lipinski definition) is 4. The number of benzene rings is 1. The maximum absolute atomic E-state index is 13.7. The quantitative estimate of drug-likeness (QED) is 0.721. The van der Waals surface area contributed by atoms with E-state index >= 15 is 0 Å². The Morgan fingerprint density at radius 1 is 1.04 bits per heavy atom. The van der Waals surface area contributed by atoms with Crippen LogP contribution in [0.1, 0.15) is 50.1 Å². The molecule has 2 N–H and O–H groups in total. The highest BCUT2D eigenvalue weighted by atomic mass is 79.9. The summed E-state index contributed by atoms with van der Waals surface area (Å²) >= 11 is 3.18. The molecule has 2 aliphatic carbocycles. The lowest BCUT2D eigenvalue weighted by Gasteiger charge is -2.15. The number of hydrogen-bond donors (Lipinski definition) is 2. The van der Waals surface area contributed by atoms with Gasteiger partial charge in [-0.05, 0) is 59.8 Å². The van der Waals surface area contributed by atoms with Crippen molar-refractivity contribution in [2.75, 3.05) is 10.6 Å². The molecule has 2 aromatic rings. The van der Waals surface area contributed by atoms with Gasteiger partial charge in [-0.15, -0.1) is 0 Å². The van der Waals surface area contributed by atoms with Gasteiger partial charge in [0.25, 0.3) is 0 Å². The van der Waals surface area contributed by atoms with Crippen LogP contribution in [0.15, 0.2) is 28.7 Å². The Labute approximate surface area is 149 Å². The molecule has 0 saturated heterocycles. The number of rotatable bonds is 5. The minimum absolute atomic E-state index is 0.291. The SMILES string of the molecule is Fc1cc(Nc2cc(C3CC3)nc(NC3CCCC3)n2)ccc1Br. The van der Waals surface area contributed by atoms with E-state index in [-0.39, 0.29) is 5.82 Å². The van der Waals surface area contributed by atoms with Gasteiger partial charge in [-0.1, -0.05) is 12.8 Å². The van der Waals surface area contributed by atoms with Crippen molar-refractivity contribution in [1.29, 1.82) is 0 Å². The summed E-state index contributed by atoms with van der Waals surface area (Å²) in [5.41, 5.74) is 1.76. The number of halogens is 2. The topological polar surface area (TPSA) is 49.8 Å². The van der Waals surface area contributed by atoms with Crippen molar-refractivity contribution in [2.24, 2.45) is 0 Å². The van der Waals surface area contributed by atoms with Gasteiger partial charge in [0.2, 0.25) is 5.95 Å². The molecule has 24 heavy (non-hydrogen) atoms. The molecule has 0 aliphatic heterocycles. The van der Waals surface area contributed by atoms with Crippen molar-refractivity contribution in [3.63, 3.8) is 0 Å². The molecule has 0 spiro atoms. The van der Waals surface area contributed by atoms with E-state index in [0.29, 0.717) is 33.9 Å². The third kappa shape index (κ3) is 3.69. The number of anilines is 3. The molecule has 0 bridgehead atoms. The zero-order chi connectivity index (χ0) is 16.5. The van der Waals surface area contributed by atoms with Crippen LogP contribution in [-0.4, -0.2) is 16.0 Å². The number of nitrogens with one attached hydrogen (secondary N) is 2. The summed E-state index contributed by atoms with van der Waals surface area (Å²) in [5.74, 6) is 1.65. The zero-order valence-corrected chi connectivity index (χ0v) is 14.9. The predicted octanol–water partition coefficient (Wildman–Crippen LogP) is 5.35. The first-order chi connectivity index (χ1) is 11.7. The molecular formula is C18H20BrFN4. The fourth-order valence-corrected chi connectivity index (χ4v) is 3.40. The Kier molecular flexibility index (Phi) is 4.39. The van der Waals surface area contributed by atoms with Crippen LogP contribution < -0.4 is 10.6 Å². The average Bonchev–Trinajstić information content (AvgIpc) is 3.29. The van der Waals surface area contributed by atoms with Crippen LogP contribution in [0, 0.1) is 5.82 Å². The summed E-state index contributed by atoms with van der Waals surface area (Å²) in [6.07, 6.45) is 7.26. The number of nitrogens with zero attached hydrogens (tertiary/aromatic N) is 2. The maximum Gasteiger partial charge on any atom is 0.225 e. The van der Waals surface area contributed by atoms with E-state index in [1.165, 1.54) is 44.6 Å². The van der Waals surface area contributed by atoms with Crippen LogP contribution in [0.5, 0.6) is 0 Å². The van der Waals surface area contributed by atoms with Crippen LogP contribution in [-0.2, 0) is 0 Å². The van der Waals surface area contributed by atoms with Crippen molar-refractivity contribution in [1.82, 2.24) is 9.97 Å². The number of aromatic nitrogens is 2. The molecule has 1 heterocycles. The second-order valence-electron chi connectivity index (χ2n) is 6.66. The first-order valence-corrected chi connectivity index (χ1v) is 9.34. The Morgan fingerprint density at radius 3 is 2.54 bits per heavy atom. The highest BCUT2D eigenvalue weighted by Gasteiger charge is 2.27. The van der Waals surface area contributed by atoms with Gasteiger partial charge in [-0.2, -0.15) is 4.98 Å². The van der Waals surface area contributed by atoms with E-state index < -0.39 is 0 Å². The predicted molar refractivity (Wildman–Crippen MR) is 97.3 cm³/mol. The van der Waals surface area contributed by atoms with E-state index in [1.807, 2.05) is 12.1 Å². The molecule has 2 aliphatic rings. The van der Waals surface area contributed by atoms with Crippen molar-refractivity contribution in [3.05, 3.63) is 40.2 Å². The third-order valence-corrected chi connectivity index (χ3v) is 5.27. The average molecular weight is 391 g/mol. The smallest absolute Gasteiger partial charge is 0.225 e. The van der Waals surface area contributed by atoms with Crippen molar-refractivity contribution < 1.29 is 4.39 Å². The van der Waals surface area contributed by atoms with Crippen LogP contribution in [0.25, 0.3) is 0 Å². The molecule has 0 amide bonds. The standard InChI is InChI=1S/C18H20BrFN4/c19-14-8-7-13(9-15(14)20)21-17-10-16(11-5-6-11)23-18(24-17)22-12-3-1-2-4-12/h7-12H,1-6H2,(H2,21,22,23,24). The lowest BCUT2D eigenvalue weighted by atomic mass is 10.2. The highest BCUT2D eigenvalue weighted by molar-refractivity contribution is 9.10. The van der Waals surface area contributed by atoms with Gasteiger partial charge in [-0.3, -0.25) is 0 Å². The van der Waals surface area contributed by atoms with E-state index in [0.717, 1.165) is 5.69 Å². The minimum Gasteiger partial charge on any atom is -0.351 e. The molecule has 0 unspecified atom stereocenters. The van der Waals surface area contributed by atoms with Gasteiger partial charge in [0.15, 0.2) is 0 Å². The molecule has 1 aromatic carbocycles. The molecule has 6 heteroatoms. The van der Waals surface area contributed by atoms with Gasteiger partial charge >= 0.3 is 0 Å². The Morgan fingerprint density at radius 2 is 1.83 bits per heavy atom. The largest absolute Gasteiger partial charge is 0.351 e. The monoisotopic (exact) mass is 390 g/mol. The highest BCUT2D eigenvalue weighted by Crippen LogP contribution is 2.40. The molecular weight excluding hydrogens is 371 g/mol. The van der Waals surface area contributed by atoms with Crippen molar-refractivity contribution >= 4 is 33.4 Å². The molecule has 4 nitrogen and oxygen atoms in total. The maximum atomic E-state index is 13.7. The fraction of sp³-hybridized carbons (Fsp3) is 0.444. The summed E-state index contributed by atoms with van der Waals surface area (Å²) in [6, 6.07) is 7.44. The second-order valence-corrected chi connectivity index (χ2v) is 7.51. The van der Waals surface area contributed by atoms with Gasteiger partial charge in [0.1, 0.15) is 11.6 Å². The van der Waals surface area contributed by atoms with Crippen LogP contribution in [0.3, 0.4) is 0 Å². The Balaban J connectivity index is 1.58. The van der Waals surface area contributed by atoms with Crippen LogP contribution in [0.2, 0.25) is 0 Å². The normalized spacial score (nSPS) is 17.9. The van der Waals surface area contributed by atoms with E-state index in [9.17, 15) is 4.39 Å². The summed E-state index contributed by atoms with van der Waals surface area (Å²) < 4.78 is 14.2. The second kappa shape index (κ2) is 6.67. The van der Waals surface area contributed by atoms with E-state index in [4.69, 9.17) is 0 Å². The first-order valence-electron chi connectivity index (χ1n) is 8.55. The molecule has 126 valence electrons. The molecule has 0 radical (unpaired) electrons. The summed E-state index contributed by atoms with van der Waals surface area (Å²) in [5, 5.41) is 6.68. The summed E-state index contributed by atoms with van der Waals surface area (Å²) in [6.45, 7) is 0. The molecule has 1 aromatic heterocycles. The molecule has 0 atom stereocenters. The Hall–Kier alpha value is -1.69. The van der Waals surface area contributed by atoms with Gasteiger partial charge in [0, 0.05) is 23.7 Å². The lowest BCUT2D eigenvalue weighted by Crippen LogP contribution is -2.17. The van der Waals surface area contributed by atoms with Crippen molar-refractivity contribution in [2.45, 2.75) is 50.5 Å². The summed E-state index contributed by atoms with van der Waals surface area (Å²) in [4.78, 5) is 9.28. The van der Waals surface area contributed by atoms with Gasteiger partial charge < -0.3 is 10.6 Å². The van der Waals surface area contributed by atoms with Crippen LogP contribution in [0.4, 0.5) is 21.8 Å². The van der Waals surface area contributed by atoms with Crippen molar-refractivity contribution in [3.8, 4) is 0 Å². The first kappa shape index (κ1) is 15.8. The van der Waals surface area contributed by atoms with E-state index in [2.05, 4.69) is 36.5 Å². The summed E-state index contributed by atoms with van der Waals surface area (Å²) in [7, 11) is 0. The Bertz CT molecular complexity index is 742. The zero-order valence-electron chi connectivity index (χ0n) is 13.4. The van der Waals surface area contributed by atoms with E-state index in [1.54, 1.807) is 6.07 Å². The fourth-order valence-electron chi connectivity index (χ4n) is 3.16. The minimum atomic E-state index is -0.291. The molecule has 4 rings (SSSR count). The van der Waals surface area contributed by atoms with Crippen LogP contribution >= 0.6 is 15.9 Å².